The summed E-state index contributed by atoms with van der Waals surface area (Å²) in [5.41, 5.74) is 0.700. The molecule has 1 aliphatic carbocycles. The minimum Gasteiger partial charge on any atom is -0.497 e. The summed E-state index contributed by atoms with van der Waals surface area (Å²) < 4.78 is 10.5. The molecule has 1 atom stereocenters. The third-order valence-electron chi connectivity index (χ3n) is 6.53. The van der Waals surface area contributed by atoms with Gasteiger partial charge in [0.1, 0.15) is 17.6 Å². The van der Waals surface area contributed by atoms with E-state index in [-0.39, 0.29) is 49.8 Å². The lowest BCUT2D eigenvalue weighted by Crippen LogP contribution is -2.48. The standard InChI is InChI=1S/C28H38N4O5/c1-36-20-19-32(26(34)13-8-12-25(33)31-24-11-6-7-18-29-24)27(21-14-16-23(37-2)17-15-21)28(35)30-22-9-4-3-5-10-22/h6-7,11,14-18,22,27H,3-5,8-10,12-13,19-20H2,1-2H3,(H,30,35)(H,29,31,33)/t27-/m1/s1. The number of methoxy groups -OCH3 is 2. The zero-order chi connectivity index (χ0) is 26.5. The van der Waals surface area contributed by atoms with Crippen LogP contribution in [0.3, 0.4) is 0 Å². The second-order valence-corrected chi connectivity index (χ2v) is 9.22. The monoisotopic (exact) mass is 510 g/mol. The molecule has 0 saturated heterocycles. The highest BCUT2D eigenvalue weighted by Crippen LogP contribution is 2.26. The molecule has 2 N–H and O–H groups in total. The Bertz CT molecular complexity index is 993. The SMILES string of the molecule is COCCN(C(=O)CCCC(=O)Nc1ccccn1)[C@@H](C(=O)NC1CCCCC1)c1ccc(OC)cc1. The highest BCUT2D eigenvalue weighted by atomic mass is 16.5. The molecule has 0 bridgehead atoms. The Morgan fingerprint density at radius 3 is 2.43 bits per heavy atom. The molecule has 1 fully saturated rings. The smallest absolute Gasteiger partial charge is 0.247 e. The molecule has 9 nitrogen and oxygen atoms in total. The van der Waals surface area contributed by atoms with E-state index in [1.165, 1.54) is 6.42 Å². The topological polar surface area (TPSA) is 110 Å². The van der Waals surface area contributed by atoms with Crippen LogP contribution in [0.2, 0.25) is 0 Å². The highest BCUT2D eigenvalue weighted by Gasteiger charge is 2.32. The summed E-state index contributed by atoms with van der Waals surface area (Å²) in [4.78, 5) is 45.0. The summed E-state index contributed by atoms with van der Waals surface area (Å²) in [6.07, 6.45) is 7.49. The zero-order valence-electron chi connectivity index (χ0n) is 21.8. The Labute approximate surface area is 218 Å². The number of aromatic nitrogens is 1. The molecular weight excluding hydrogens is 472 g/mol. The van der Waals surface area contributed by atoms with Crippen molar-refractivity contribution in [2.75, 3.05) is 32.7 Å². The maximum absolute atomic E-state index is 13.6. The van der Waals surface area contributed by atoms with Gasteiger partial charge in [0.05, 0.1) is 13.7 Å². The van der Waals surface area contributed by atoms with E-state index in [2.05, 4.69) is 15.6 Å². The van der Waals surface area contributed by atoms with Crippen molar-refractivity contribution in [1.82, 2.24) is 15.2 Å². The molecule has 3 rings (SSSR count). The van der Waals surface area contributed by atoms with Crippen LogP contribution in [0.25, 0.3) is 0 Å². The van der Waals surface area contributed by atoms with Gasteiger partial charge in [-0.2, -0.15) is 0 Å². The fraction of sp³-hybridized carbons (Fsp3) is 0.500. The summed E-state index contributed by atoms with van der Waals surface area (Å²) in [5.74, 6) is 0.525. The highest BCUT2D eigenvalue weighted by molar-refractivity contribution is 5.91. The van der Waals surface area contributed by atoms with Crippen molar-refractivity contribution in [2.45, 2.75) is 63.5 Å². The first kappa shape index (κ1) is 28.1. The van der Waals surface area contributed by atoms with Crippen molar-refractivity contribution in [3.8, 4) is 5.75 Å². The molecule has 9 heteroatoms. The summed E-state index contributed by atoms with van der Waals surface area (Å²) in [6, 6.07) is 11.8. The Morgan fingerprint density at radius 1 is 1.03 bits per heavy atom. The predicted molar refractivity (Wildman–Crippen MR) is 141 cm³/mol. The van der Waals surface area contributed by atoms with E-state index >= 15 is 0 Å². The van der Waals surface area contributed by atoms with Gasteiger partial charge in [-0.3, -0.25) is 14.4 Å². The van der Waals surface area contributed by atoms with Crippen molar-refractivity contribution in [1.29, 1.82) is 0 Å². The van der Waals surface area contributed by atoms with Crippen molar-refractivity contribution in [3.63, 3.8) is 0 Å². The van der Waals surface area contributed by atoms with Gasteiger partial charge in [0.15, 0.2) is 0 Å². The number of ether oxygens (including phenoxy) is 2. The summed E-state index contributed by atoms with van der Waals surface area (Å²) in [5, 5.41) is 5.91. The molecule has 37 heavy (non-hydrogen) atoms. The molecule has 200 valence electrons. The lowest BCUT2D eigenvalue weighted by Gasteiger charge is -2.33. The molecule has 1 aliphatic rings. The number of pyridine rings is 1. The van der Waals surface area contributed by atoms with E-state index in [0.717, 1.165) is 25.7 Å². The number of hydrogen-bond acceptors (Lipinski definition) is 6. The molecule has 0 radical (unpaired) electrons. The maximum atomic E-state index is 13.6. The number of carbonyl (C=O) groups is 3. The Kier molecular flexibility index (Phi) is 11.4. The number of hydrogen-bond donors (Lipinski definition) is 2. The first-order valence-corrected chi connectivity index (χ1v) is 13.0. The van der Waals surface area contributed by atoms with Gasteiger partial charge in [-0.25, -0.2) is 4.98 Å². The van der Waals surface area contributed by atoms with Crippen LogP contribution in [0.1, 0.15) is 63.0 Å². The third-order valence-corrected chi connectivity index (χ3v) is 6.53. The van der Waals surface area contributed by atoms with Crippen LogP contribution in [0.5, 0.6) is 5.75 Å². The average Bonchev–Trinajstić information content (AvgIpc) is 2.92. The van der Waals surface area contributed by atoms with Gasteiger partial charge in [-0.1, -0.05) is 37.5 Å². The number of anilines is 1. The van der Waals surface area contributed by atoms with E-state index in [9.17, 15) is 14.4 Å². The number of rotatable bonds is 13. The number of amides is 3. The van der Waals surface area contributed by atoms with Gasteiger partial charge in [0, 0.05) is 38.7 Å². The van der Waals surface area contributed by atoms with Crippen LogP contribution in [0.4, 0.5) is 5.82 Å². The fourth-order valence-corrected chi connectivity index (χ4v) is 4.56. The molecule has 0 aliphatic heterocycles. The van der Waals surface area contributed by atoms with Crippen LogP contribution in [-0.2, 0) is 19.1 Å². The largest absolute Gasteiger partial charge is 0.497 e. The summed E-state index contributed by atoms with van der Waals surface area (Å²) >= 11 is 0. The average molecular weight is 511 g/mol. The third kappa shape index (κ3) is 8.86. The van der Waals surface area contributed by atoms with Crippen LogP contribution in [0, 0.1) is 0 Å². The van der Waals surface area contributed by atoms with E-state index < -0.39 is 6.04 Å². The maximum Gasteiger partial charge on any atom is 0.247 e. The number of carbonyl (C=O) groups excluding carboxylic acids is 3. The molecular formula is C28H38N4O5. The molecule has 1 aromatic heterocycles. The van der Waals surface area contributed by atoms with Crippen LogP contribution >= 0.6 is 0 Å². The zero-order valence-corrected chi connectivity index (χ0v) is 21.8. The Morgan fingerprint density at radius 2 is 1.78 bits per heavy atom. The first-order valence-electron chi connectivity index (χ1n) is 13.0. The molecule has 0 unspecified atom stereocenters. The van der Waals surface area contributed by atoms with E-state index in [1.54, 1.807) is 55.6 Å². The minimum atomic E-state index is -0.808. The van der Waals surface area contributed by atoms with E-state index in [1.807, 2.05) is 12.1 Å². The first-order chi connectivity index (χ1) is 18.0. The van der Waals surface area contributed by atoms with Gasteiger partial charge < -0.3 is 25.0 Å². The summed E-state index contributed by atoms with van der Waals surface area (Å²) in [7, 11) is 3.15. The Hall–Kier alpha value is -3.46. The Balaban J connectivity index is 1.72. The van der Waals surface area contributed by atoms with Crippen molar-refractivity contribution >= 4 is 23.5 Å². The number of nitrogens with one attached hydrogen (secondary N) is 2. The predicted octanol–water partition coefficient (Wildman–Crippen LogP) is 3.86. The van der Waals surface area contributed by atoms with E-state index in [4.69, 9.17) is 9.47 Å². The summed E-state index contributed by atoms with van der Waals surface area (Å²) in [6.45, 7) is 0.541. The van der Waals surface area contributed by atoms with Gasteiger partial charge >= 0.3 is 0 Å². The normalized spacial score (nSPS) is 14.4. The van der Waals surface area contributed by atoms with Gasteiger partial charge in [0.2, 0.25) is 17.7 Å². The van der Waals surface area contributed by atoms with Crippen LogP contribution < -0.4 is 15.4 Å². The van der Waals surface area contributed by atoms with E-state index in [0.29, 0.717) is 23.6 Å². The van der Waals surface area contributed by atoms with Crippen molar-refractivity contribution in [3.05, 3.63) is 54.2 Å². The van der Waals surface area contributed by atoms with Crippen LogP contribution in [-0.4, -0.2) is 61.0 Å². The van der Waals surface area contributed by atoms with Gasteiger partial charge in [-0.05, 0) is 49.1 Å². The van der Waals surface area contributed by atoms with Crippen molar-refractivity contribution < 1.29 is 23.9 Å². The molecule has 3 amide bonds. The van der Waals surface area contributed by atoms with Gasteiger partial charge in [0.25, 0.3) is 0 Å². The quantitative estimate of drug-likeness (QED) is 0.423. The molecule has 1 aromatic carbocycles. The number of benzene rings is 1. The van der Waals surface area contributed by atoms with Crippen LogP contribution in [0.15, 0.2) is 48.7 Å². The molecule has 2 aromatic rings. The minimum absolute atomic E-state index is 0.108. The fourth-order valence-electron chi connectivity index (χ4n) is 4.56. The molecule has 1 heterocycles. The molecule has 1 saturated carbocycles. The number of nitrogens with zero attached hydrogens (tertiary/aromatic N) is 2. The van der Waals surface area contributed by atoms with Gasteiger partial charge in [-0.15, -0.1) is 0 Å². The van der Waals surface area contributed by atoms with Crippen molar-refractivity contribution in [2.24, 2.45) is 0 Å². The second-order valence-electron chi connectivity index (χ2n) is 9.22. The lowest BCUT2D eigenvalue weighted by atomic mass is 9.94. The second kappa shape index (κ2) is 14.9. The molecule has 0 spiro atoms. The lowest BCUT2D eigenvalue weighted by molar-refractivity contribution is -0.142.